The first-order valence-corrected chi connectivity index (χ1v) is 6.88. The molecule has 3 N–H and O–H groups in total. The van der Waals surface area contributed by atoms with E-state index >= 15 is 0 Å². The van der Waals surface area contributed by atoms with Crippen LogP contribution < -0.4 is 11.1 Å². The van der Waals surface area contributed by atoms with Gasteiger partial charge in [0.05, 0.1) is 18.9 Å². The first-order chi connectivity index (χ1) is 9.06. The lowest BCUT2D eigenvalue weighted by Crippen LogP contribution is -2.11. The van der Waals surface area contributed by atoms with Crippen molar-refractivity contribution in [1.29, 1.82) is 0 Å². The van der Waals surface area contributed by atoms with Gasteiger partial charge < -0.3 is 20.5 Å². The van der Waals surface area contributed by atoms with Crippen LogP contribution in [0.5, 0.6) is 0 Å². The molecule has 1 heterocycles. The molecule has 19 heavy (non-hydrogen) atoms. The zero-order chi connectivity index (χ0) is 14.4. The highest BCUT2D eigenvalue weighted by Crippen LogP contribution is 2.36. The monoisotopic (exact) mass is 286 g/mol. The maximum atomic E-state index is 11.9. The lowest BCUT2D eigenvalue weighted by molar-refractivity contribution is 0.0528. The molecule has 1 rings (SSSR count). The third-order valence-electron chi connectivity index (χ3n) is 2.22. The van der Waals surface area contributed by atoms with Crippen LogP contribution in [-0.4, -0.2) is 31.7 Å². The number of nitrogen functional groups attached to an aromatic ring is 1. The molecule has 0 saturated carbocycles. The molecule has 0 aliphatic rings. The minimum Gasteiger partial charge on any atom is -0.462 e. The summed E-state index contributed by atoms with van der Waals surface area (Å²) in [6, 6.07) is 0. The van der Waals surface area contributed by atoms with E-state index in [9.17, 15) is 9.59 Å². The van der Waals surface area contributed by atoms with Crippen LogP contribution in [0.3, 0.4) is 0 Å². The minimum absolute atomic E-state index is 0.109. The maximum absolute atomic E-state index is 11.9. The number of ether oxygens (including phenoxy) is 2. The van der Waals surface area contributed by atoms with E-state index in [4.69, 9.17) is 15.2 Å². The van der Waals surface area contributed by atoms with Crippen molar-refractivity contribution in [3.05, 3.63) is 10.4 Å². The van der Waals surface area contributed by atoms with E-state index in [0.29, 0.717) is 11.5 Å². The number of hydrogen-bond acceptors (Lipinski definition) is 7. The molecule has 0 amide bonds. The highest BCUT2D eigenvalue weighted by molar-refractivity contribution is 7.19. The highest BCUT2D eigenvalue weighted by Gasteiger charge is 2.26. The first kappa shape index (κ1) is 15.3. The van der Waals surface area contributed by atoms with Gasteiger partial charge in [-0.15, -0.1) is 11.3 Å². The van der Waals surface area contributed by atoms with Crippen LogP contribution in [0.4, 0.5) is 10.7 Å². The Morgan fingerprint density at radius 1 is 1.16 bits per heavy atom. The van der Waals surface area contributed by atoms with Crippen molar-refractivity contribution in [3.63, 3.8) is 0 Å². The number of carbonyl (C=O) groups is 2. The van der Waals surface area contributed by atoms with Crippen LogP contribution in [0.15, 0.2) is 0 Å². The largest absolute Gasteiger partial charge is 0.462 e. The predicted octanol–water partition coefficient (Wildman–Crippen LogP) is 2.12. The number of carbonyl (C=O) groups excluding carboxylic acids is 2. The van der Waals surface area contributed by atoms with Gasteiger partial charge in [-0.25, -0.2) is 9.59 Å². The van der Waals surface area contributed by atoms with Crippen LogP contribution in [-0.2, 0) is 9.47 Å². The van der Waals surface area contributed by atoms with E-state index in [1.165, 1.54) is 0 Å². The molecule has 0 radical (unpaired) electrons. The van der Waals surface area contributed by atoms with Crippen molar-refractivity contribution in [1.82, 2.24) is 0 Å². The molecule has 0 saturated heterocycles. The molecule has 0 atom stereocenters. The van der Waals surface area contributed by atoms with Gasteiger partial charge in [-0.1, -0.05) is 0 Å². The molecule has 0 spiro atoms. The van der Waals surface area contributed by atoms with Crippen molar-refractivity contribution in [2.45, 2.75) is 20.8 Å². The van der Waals surface area contributed by atoms with Gasteiger partial charge in [-0.05, 0) is 20.8 Å². The van der Waals surface area contributed by atoms with Gasteiger partial charge >= 0.3 is 11.9 Å². The third kappa shape index (κ3) is 3.37. The van der Waals surface area contributed by atoms with E-state index in [2.05, 4.69) is 5.32 Å². The van der Waals surface area contributed by atoms with Crippen LogP contribution in [0.2, 0.25) is 0 Å². The second kappa shape index (κ2) is 6.98. The number of anilines is 2. The van der Waals surface area contributed by atoms with E-state index in [0.717, 1.165) is 11.3 Å². The Kier molecular flexibility index (Phi) is 5.62. The normalized spacial score (nSPS) is 10.1. The molecule has 106 valence electrons. The van der Waals surface area contributed by atoms with Crippen molar-refractivity contribution in [3.8, 4) is 0 Å². The molecule has 0 bridgehead atoms. The fourth-order valence-electron chi connectivity index (χ4n) is 1.48. The fourth-order valence-corrected chi connectivity index (χ4v) is 2.55. The summed E-state index contributed by atoms with van der Waals surface area (Å²) in [4.78, 5) is 23.8. The first-order valence-electron chi connectivity index (χ1n) is 6.07. The number of nitrogens with two attached hydrogens (primary N) is 1. The predicted molar refractivity (Wildman–Crippen MR) is 74.8 cm³/mol. The number of nitrogens with one attached hydrogen (secondary N) is 1. The van der Waals surface area contributed by atoms with Gasteiger partial charge in [0.1, 0.15) is 15.4 Å². The Morgan fingerprint density at radius 2 is 1.74 bits per heavy atom. The summed E-state index contributed by atoms with van der Waals surface area (Å²) in [7, 11) is 0. The molecule has 6 nitrogen and oxygen atoms in total. The summed E-state index contributed by atoms with van der Waals surface area (Å²) in [6.45, 7) is 6.40. The number of rotatable bonds is 6. The summed E-state index contributed by atoms with van der Waals surface area (Å²) in [6.07, 6.45) is 0. The molecule has 0 aromatic carbocycles. The third-order valence-corrected chi connectivity index (χ3v) is 3.37. The van der Waals surface area contributed by atoms with Crippen LogP contribution in [0.25, 0.3) is 0 Å². The number of esters is 2. The van der Waals surface area contributed by atoms with Crippen molar-refractivity contribution >= 4 is 34.0 Å². The van der Waals surface area contributed by atoms with E-state index < -0.39 is 11.9 Å². The van der Waals surface area contributed by atoms with Crippen LogP contribution in [0.1, 0.15) is 40.8 Å². The van der Waals surface area contributed by atoms with E-state index in [-0.39, 0.29) is 29.3 Å². The van der Waals surface area contributed by atoms with Crippen molar-refractivity contribution in [2.24, 2.45) is 0 Å². The summed E-state index contributed by atoms with van der Waals surface area (Å²) < 4.78 is 9.85. The molecule has 1 aromatic heterocycles. The van der Waals surface area contributed by atoms with Gasteiger partial charge in [0.2, 0.25) is 0 Å². The lowest BCUT2D eigenvalue weighted by Gasteiger charge is -2.05. The molecule has 0 fully saturated rings. The molecular weight excluding hydrogens is 268 g/mol. The van der Waals surface area contributed by atoms with Gasteiger partial charge in [-0.3, -0.25) is 0 Å². The van der Waals surface area contributed by atoms with E-state index in [1.54, 1.807) is 13.8 Å². The summed E-state index contributed by atoms with van der Waals surface area (Å²) in [5.41, 5.74) is 6.18. The number of thiophene rings is 1. The Morgan fingerprint density at radius 3 is 2.26 bits per heavy atom. The Hall–Kier alpha value is -1.76. The lowest BCUT2D eigenvalue weighted by atomic mass is 10.2. The van der Waals surface area contributed by atoms with Gasteiger partial charge in [0.25, 0.3) is 0 Å². The highest BCUT2D eigenvalue weighted by atomic mass is 32.1. The molecular formula is C12H18N2O4S. The Balaban J connectivity index is 3.19. The van der Waals surface area contributed by atoms with E-state index in [1.807, 2.05) is 6.92 Å². The Labute approximate surface area is 115 Å². The smallest absolute Gasteiger partial charge is 0.350 e. The standard InChI is InChI=1S/C12H18N2O4S/c1-4-14-10-7(11(15)17-5-2)8(13)9(19-10)12(16)18-6-3/h14H,4-6,13H2,1-3H3. The molecule has 1 aromatic rings. The maximum Gasteiger partial charge on any atom is 0.350 e. The summed E-state index contributed by atoms with van der Waals surface area (Å²) >= 11 is 1.10. The zero-order valence-corrected chi connectivity index (χ0v) is 12.1. The molecule has 7 heteroatoms. The average molecular weight is 286 g/mol. The van der Waals surface area contributed by atoms with Gasteiger partial charge in [0.15, 0.2) is 0 Å². The molecule has 0 aliphatic carbocycles. The van der Waals surface area contributed by atoms with Gasteiger partial charge in [-0.2, -0.15) is 0 Å². The second-order valence-electron chi connectivity index (χ2n) is 3.52. The number of hydrogen-bond donors (Lipinski definition) is 2. The topological polar surface area (TPSA) is 90.6 Å². The van der Waals surface area contributed by atoms with Crippen LogP contribution >= 0.6 is 11.3 Å². The average Bonchev–Trinajstić information content (AvgIpc) is 2.67. The quantitative estimate of drug-likeness (QED) is 0.778. The molecule has 0 unspecified atom stereocenters. The summed E-state index contributed by atoms with van der Waals surface area (Å²) in [5, 5.41) is 3.53. The van der Waals surface area contributed by atoms with Crippen LogP contribution in [0, 0.1) is 0 Å². The second-order valence-corrected chi connectivity index (χ2v) is 4.54. The summed E-state index contributed by atoms with van der Waals surface area (Å²) in [5.74, 6) is -1.07. The zero-order valence-electron chi connectivity index (χ0n) is 11.2. The molecule has 0 aliphatic heterocycles. The minimum atomic E-state index is -0.539. The Bertz CT molecular complexity index is 471. The van der Waals surface area contributed by atoms with Crippen molar-refractivity contribution < 1.29 is 19.1 Å². The fraction of sp³-hybridized carbons (Fsp3) is 0.500. The SMILES string of the molecule is CCNc1sc(C(=O)OCC)c(N)c1C(=O)OCC. The van der Waals surface area contributed by atoms with Gasteiger partial charge in [0, 0.05) is 6.54 Å². The van der Waals surface area contributed by atoms with Crippen molar-refractivity contribution in [2.75, 3.05) is 30.8 Å².